The lowest BCUT2D eigenvalue weighted by Gasteiger charge is -2.32. The molecule has 1 fully saturated rings. The molecule has 0 aromatic rings. The van der Waals surface area contributed by atoms with E-state index in [1.165, 1.54) is 5.57 Å². The molecule has 3 heteroatoms. The van der Waals surface area contributed by atoms with Crippen molar-refractivity contribution in [3.63, 3.8) is 0 Å². The predicted molar refractivity (Wildman–Crippen MR) is 64.7 cm³/mol. The van der Waals surface area contributed by atoms with Crippen molar-refractivity contribution in [2.75, 3.05) is 0 Å². The first kappa shape index (κ1) is 12.8. The molecule has 0 radical (unpaired) electrons. The molecule has 0 aromatic heterocycles. The Morgan fingerprint density at radius 2 is 1.47 bits per heavy atom. The van der Waals surface area contributed by atoms with E-state index in [9.17, 15) is 0 Å². The Morgan fingerprint density at radius 1 is 1.07 bits per heavy atom. The summed E-state index contributed by atoms with van der Waals surface area (Å²) in [5.41, 5.74) is 0.852. The maximum absolute atomic E-state index is 5.89. The van der Waals surface area contributed by atoms with Crippen molar-refractivity contribution in [1.29, 1.82) is 0 Å². The molecule has 1 saturated heterocycles. The van der Waals surface area contributed by atoms with Crippen LogP contribution in [-0.2, 0) is 9.31 Å². The summed E-state index contributed by atoms with van der Waals surface area (Å²) in [4.78, 5) is 0. The molecule has 0 unspecified atom stereocenters. The molecule has 0 spiro atoms. The van der Waals surface area contributed by atoms with Gasteiger partial charge in [0.2, 0.25) is 0 Å². The Hall–Kier alpha value is -0.275. The highest BCUT2D eigenvalue weighted by Gasteiger charge is 2.50. The minimum atomic E-state index is -0.231. The first-order chi connectivity index (χ1) is 6.66. The van der Waals surface area contributed by atoms with Gasteiger partial charge in [0.15, 0.2) is 0 Å². The third-order valence-electron chi connectivity index (χ3n) is 3.58. The molecule has 0 saturated carbocycles. The monoisotopic (exact) mass is 210 g/mol. The van der Waals surface area contributed by atoms with E-state index in [2.05, 4.69) is 54.4 Å². The van der Waals surface area contributed by atoms with Gasteiger partial charge in [-0.2, -0.15) is 0 Å². The molecular weight excluding hydrogens is 187 g/mol. The van der Waals surface area contributed by atoms with Gasteiger partial charge in [-0.3, -0.25) is 0 Å². The van der Waals surface area contributed by atoms with Crippen LogP contribution in [0.25, 0.3) is 0 Å². The average molecular weight is 210 g/mol. The SMILES string of the molecule is C/C(=C\B1OC(C)(C)C(C)(C)O1)C(C)C. The Kier molecular flexibility index (Phi) is 3.37. The highest BCUT2D eigenvalue weighted by molar-refractivity contribution is 6.51. The van der Waals surface area contributed by atoms with E-state index in [0.717, 1.165) is 0 Å². The lowest BCUT2D eigenvalue weighted by Crippen LogP contribution is -2.41. The molecule has 86 valence electrons. The first-order valence-corrected chi connectivity index (χ1v) is 5.70. The summed E-state index contributed by atoms with van der Waals surface area (Å²) in [5, 5.41) is 0. The van der Waals surface area contributed by atoms with Crippen LogP contribution in [0.3, 0.4) is 0 Å². The molecule has 2 nitrogen and oxygen atoms in total. The summed E-state index contributed by atoms with van der Waals surface area (Å²) >= 11 is 0. The van der Waals surface area contributed by atoms with Gasteiger partial charge < -0.3 is 9.31 Å². The third kappa shape index (κ3) is 2.64. The minimum Gasteiger partial charge on any atom is -0.400 e. The van der Waals surface area contributed by atoms with E-state index in [4.69, 9.17) is 9.31 Å². The van der Waals surface area contributed by atoms with Gasteiger partial charge in [0.05, 0.1) is 11.2 Å². The smallest absolute Gasteiger partial charge is 0.400 e. The van der Waals surface area contributed by atoms with Gasteiger partial charge in [0.1, 0.15) is 0 Å². The van der Waals surface area contributed by atoms with Crippen molar-refractivity contribution in [1.82, 2.24) is 0 Å². The molecule has 15 heavy (non-hydrogen) atoms. The van der Waals surface area contributed by atoms with Crippen LogP contribution < -0.4 is 0 Å². The molecule has 1 rings (SSSR count). The van der Waals surface area contributed by atoms with Crippen LogP contribution in [-0.4, -0.2) is 18.3 Å². The second kappa shape index (κ2) is 3.95. The van der Waals surface area contributed by atoms with Crippen molar-refractivity contribution in [2.45, 2.75) is 59.7 Å². The number of hydrogen-bond donors (Lipinski definition) is 0. The topological polar surface area (TPSA) is 18.5 Å². The van der Waals surface area contributed by atoms with Crippen molar-refractivity contribution in [2.24, 2.45) is 5.92 Å². The van der Waals surface area contributed by atoms with Crippen molar-refractivity contribution in [3.8, 4) is 0 Å². The standard InChI is InChI=1S/C12H23BO2/c1-9(2)10(3)8-13-14-11(4,5)12(6,7)15-13/h8-9H,1-7H3/b10-8+. The van der Waals surface area contributed by atoms with Gasteiger partial charge in [-0.15, -0.1) is 0 Å². The molecule has 1 aliphatic heterocycles. The molecule has 0 N–H and O–H groups in total. The van der Waals surface area contributed by atoms with Crippen molar-refractivity contribution in [3.05, 3.63) is 11.5 Å². The number of allylic oxidation sites excluding steroid dienone is 1. The molecule has 0 aliphatic carbocycles. The quantitative estimate of drug-likeness (QED) is 0.651. The van der Waals surface area contributed by atoms with Gasteiger partial charge >= 0.3 is 7.12 Å². The van der Waals surface area contributed by atoms with Crippen LogP contribution in [0.2, 0.25) is 0 Å². The Morgan fingerprint density at radius 3 is 1.80 bits per heavy atom. The fourth-order valence-electron chi connectivity index (χ4n) is 1.36. The van der Waals surface area contributed by atoms with Gasteiger partial charge in [0.25, 0.3) is 0 Å². The zero-order valence-corrected chi connectivity index (χ0v) is 11.0. The highest BCUT2D eigenvalue weighted by Crippen LogP contribution is 2.37. The fourth-order valence-corrected chi connectivity index (χ4v) is 1.36. The Balaban J connectivity index is 2.76. The second-order valence-corrected chi connectivity index (χ2v) is 5.69. The summed E-state index contributed by atoms with van der Waals surface area (Å²) in [6, 6.07) is 0. The second-order valence-electron chi connectivity index (χ2n) is 5.69. The third-order valence-corrected chi connectivity index (χ3v) is 3.58. The number of hydrogen-bond acceptors (Lipinski definition) is 2. The van der Waals surface area contributed by atoms with Crippen LogP contribution in [0.4, 0.5) is 0 Å². The number of rotatable bonds is 2. The summed E-state index contributed by atoms with van der Waals surface area (Å²) < 4.78 is 11.8. The predicted octanol–water partition coefficient (Wildman–Crippen LogP) is 3.22. The molecule has 0 atom stereocenters. The summed E-state index contributed by atoms with van der Waals surface area (Å²) in [7, 11) is -0.197. The van der Waals surface area contributed by atoms with E-state index in [0.29, 0.717) is 5.92 Å². The Labute approximate surface area is 94.2 Å². The maximum atomic E-state index is 5.89. The normalized spacial score (nSPS) is 25.1. The van der Waals surface area contributed by atoms with E-state index < -0.39 is 0 Å². The van der Waals surface area contributed by atoms with E-state index in [1.807, 2.05) is 0 Å². The zero-order chi connectivity index (χ0) is 11.9. The van der Waals surface area contributed by atoms with Gasteiger partial charge in [0, 0.05) is 0 Å². The summed E-state index contributed by atoms with van der Waals surface area (Å²) in [6.45, 7) is 14.8. The molecule has 0 aromatic carbocycles. The van der Waals surface area contributed by atoms with Crippen LogP contribution in [0, 0.1) is 5.92 Å². The molecule has 1 heterocycles. The van der Waals surface area contributed by atoms with Crippen molar-refractivity contribution < 1.29 is 9.31 Å². The summed E-state index contributed by atoms with van der Waals surface area (Å²) in [5.74, 6) is 2.63. The molecular formula is C12H23BO2. The van der Waals surface area contributed by atoms with E-state index >= 15 is 0 Å². The summed E-state index contributed by atoms with van der Waals surface area (Å²) in [6.07, 6.45) is 0. The van der Waals surface area contributed by atoms with Gasteiger partial charge in [-0.1, -0.05) is 25.4 Å². The van der Waals surface area contributed by atoms with Crippen LogP contribution in [0.15, 0.2) is 11.5 Å². The van der Waals surface area contributed by atoms with E-state index in [-0.39, 0.29) is 18.3 Å². The maximum Gasteiger partial charge on any atom is 0.487 e. The van der Waals surface area contributed by atoms with Gasteiger partial charge in [-0.25, -0.2) is 0 Å². The lowest BCUT2D eigenvalue weighted by molar-refractivity contribution is 0.00578. The lowest BCUT2D eigenvalue weighted by atomic mass is 9.84. The largest absolute Gasteiger partial charge is 0.487 e. The minimum absolute atomic E-state index is 0.197. The van der Waals surface area contributed by atoms with Crippen LogP contribution in [0.1, 0.15) is 48.5 Å². The molecule has 1 aliphatic rings. The fraction of sp³-hybridized carbons (Fsp3) is 0.833. The van der Waals surface area contributed by atoms with Gasteiger partial charge in [-0.05, 0) is 40.5 Å². The van der Waals surface area contributed by atoms with Crippen molar-refractivity contribution >= 4 is 7.12 Å². The molecule has 0 bridgehead atoms. The Bertz CT molecular complexity index is 251. The average Bonchev–Trinajstić information content (AvgIpc) is 2.19. The highest BCUT2D eigenvalue weighted by atomic mass is 16.7. The molecule has 0 amide bonds. The zero-order valence-electron chi connectivity index (χ0n) is 11.0. The van der Waals surface area contributed by atoms with E-state index in [1.54, 1.807) is 0 Å². The van der Waals surface area contributed by atoms with Crippen LogP contribution in [0.5, 0.6) is 0 Å². The van der Waals surface area contributed by atoms with Crippen LogP contribution >= 0.6 is 0 Å². The first-order valence-electron chi connectivity index (χ1n) is 5.70.